The number of aliphatic hydroxyl groups is 1. The molecule has 1 saturated heterocycles. The molecule has 1 aliphatic carbocycles. The number of nitrogens with one attached hydrogen (secondary N) is 4. The summed E-state index contributed by atoms with van der Waals surface area (Å²) in [5, 5.41) is 32.5. The predicted octanol–water partition coefficient (Wildman–Crippen LogP) is 7.20. The van der Waals surface area contributed by atoms with E-state index in [1.807, 2.05) is 64.1 Å². The molecule has 5 N–H and O–H groups in total. The van der Waals surface area contributed by atoms with Gasteiger partial charge in [0.05, 0.1) is 22.4 Å². The van der Waals surface area contributed by atoms with E-state index in [2.05, 4.69) is 60.0 Å². The molecular formula is C51H64ClN7O8. The Morgan fingerprint density at radius 3 is 2.33 bits per heavy atom. The minimum Gasteiger partial charge on any atom is -0.489 e. The van der Waals surface area contributed by atoms with Crippen LogP contribution in [0, 0.1) is 34.5 Å². The van der Waals surface area contributed by atoms with E-state index in [0.717, 1.165) is 41.8 Å². The number of carbonyl (C=O) groups excluding carboxylic acids is 4. The topological polar surface area (TPSA) is 208 Å². The van der Waals surface area contributed by atoms with E-state index in [0.29, 0.717) is 40.8 Å². The summed E-state index contributed by atoms with van der Waals surface area (Å²) in [6.07, 6.45) is 2.84. The van der Waals surface area contributed by atoms with Gasteiger partial charge < -0.3 is 45.2 Å². The number of aliphatic hydroxyl groups excluding tert-OH is 1. The van der Waals surface area contributed by atoms with Crippen LogP contribution in [0.25, 0.3) is 11.3 Å². The third-order valence-corrected chi connectivity index (χ3v) is 13.1. The minimum absolute atomic E-state index is 0.0195. The standard InChI is InChI=1S/C51H64ClN7O8/c1-31-42(66-30-56-31)33-14-12-32(13-15-33)27-55-45(63)40-24-37(60)28-59(40)46(64)43(49(2,3)4)57-41(61)29-65-23-11-9-10-22-54-36-19-16-34(17-20-36)44(62)58-47-50(5,6)48(51(47,7)8)67-38-21-18-35(26-53)39(52)25-38/h12-21,25,30,37,40,43,47-48,54,60H,9-11,22-24,27-29H2,1-8H3,(H,55,63)(H,57,61)(H,58,62)/t37-,40+,43-,47-,48-/m1/s1. The number of rotatable bonds is 19. The molecule has 0 radical (unpaired) electrons. The van der Waals surface area contributed by atoms with Crippen molar-refractivity contribution in [1.29, 1.82) is 5.26 Å². The molecular weight excluding hydrogens is 874 g/mol. The zero-order valence-corrected chi connectivity index (χ0v) is 40.5. The second kappa shape index (κ2) is 21.3. The SMILES string of the molecule is Cc1ncoc1-c1ccc(CNC(=O)[C@@H]2C[C@@H](O)CN2C(=O)[C@@H](NC(=O)COCCCCCNc2ccc(C(=O)N[C@H]3C(C)(C)[C@H](Oc4ccc(C#N)c(Cl)c4)C3(C)C)cc2)C(C)(C)C)cc1. The molecule has 2 aliphatic rings. The number of hydrogen-bond donors (Lipinski definition) is 5. The molecule has 0 unspecified atom stereocenters. The lowest BCUT2D eigenvalue weighted by atomic mass is 9.49. The maximum absolute atomic E-state index is 14.0. The first-order valence-corrected chi connectivity index (χ1v) is 23.2. The minimum atomic E-state index is -0.955. The number of aryl methyl sites for hydroxylation is 1. The number of ether oxygens (including phenoxy) is 2. The van der Waals surface area contributed by atoms with Gasteiger partial charge in [-0.3, -0.25) is 19.2 Å². The first-order valence-electron chi connectivity index (χ1n) is 22.8. The number of hydrogen-bond acceptors (Lipinski definition) is 11. The molecule has 3 atom stereocenters. The van der Waals surface area contributed by atoms with E-state index in [1.54, 1.807) is 30.3 Å². The monoisotopic (exact) mass is 937 g/mol. The Morgan fingerprint density at radius 1 is 1.00 bits per heavy atom. The van der Waals surface area contributed by atoms with Crippen LogP contribution >= 0.6 is 11.6 Å². The molecule has 16 heteroatoms. The number of unbranched alkanes of at least 4 members (excludes halogenated alkanes) is 2. The number of halogens is 1. The van der Waals surface area contributed by atoms with Crippen LogP contribution in [0.1, 0.15) is 101 Å². The van der Waals surface area contributed by atoms with Gasteiger partial charge in [-0.25, -0.2) is 4.98 Å². The summed E-state index contributed by atoms with van der Waals surface area (Å²) >= 11 is 6.24. The Morgan fingerprint density at radius 2 is 1.70 bits per heavy atom. The van der Waals surface area contributed by atoms with Crippen molar-refractivity contribution in [1.82, 2.24) is 25.8 Å². The van der Waals surface area contributed by atoms with Crippen molar-refractivity contribution in [2.24, 2.45) is 16.2 Å². The van der Waals surface area contributed by atoms with E-state index in [1.165, 1.54) is 11.3 Å². The number of β-amino-alcohol motifs (C(OH)–C–C–N with tert-alkyl or cyclic N) is 1. The van der Waals surface area contributed by atoms with Crippen LogP contribution in [0.5, 0.6) is 5.75 Å². The van der Waals surface area contributed by atoms with Gasteiger partial charge in [0.1, 0.15) is 36.6 Å². The van der Waals surface area contributed by atoms with Gasteiger partial charge in [-0.1, -0.05) is 84.3 Å². The van der Waals surface area contributed by atoms with Crippen LogP contribution in [0.2, 0.25) is 5.02 Å². The molecule has 6 rings (SSSR count). The van der Waals surface area contributed by atoms with Crippen molar-refractivity contribution < 1.29 is 38.2 Å². The van der Waals surface area contributed by atoms with Crippen molar-refractivity contribution in [3.05, 3.63) is 101 Å². The quantitative estimate of drug-likeness (QED) is 0.0595. The van der Waals surface area contributed by atoms with Crippen molar-refractivity contribution in [2.45, 2.75) is 118 Å². The number of oxazole rings is 1. The summed E-state index contributed by atoms with van der Waals surface area (Å²) < 4.78 is 17.5. The van der Waals surface area contributed by atoms with Gasteiger partial charge in [0.2, 0.25) is 17.7 Å². The van der Waals surface area contributed by atoms with Gasteiger partial charge >= 0.3 is 0 Å². The number of benzene rings is 3. The van der Waals surface area contributed by atoms with Crippen LogP contribution in [0.3, 0.4) is 0 Å². The maximum atomic E-state index is 14.0. The van der Waals surface area contributed by atoms with E-state index in [9.17, 15) is 29.5 Å². The number of amides is 4. The number of likely N-dealkylation sites (tertiary alicyclic amines) is 1. The molecule has 1 aromatic heterocycles. The molecule has 1 saturated carbocycles. The summed E-state index contributed by atoms with van der Waals surface area (Å²) in [5.74, 6) is -0.178. The molecule has 67 heavy (non-hydrogen) atoms. The fourth-order valence-corrected chi connectivity index (χ4v) is 9.65. The Balaban J connectivity index is 0.878. The highest BCUT2D eigenvalue weighted by Crippen LogP contribution is 2.55. The molecule has 0 bridgehead atoms. The summed E-state index contributed by atoms with van der Waals surface area (Å²) in [5.41, 5.74) is 2.87. The lowest BCUT2D eigenvalue weighted by molar-refractivity contribution is -0.164. The number of carbonyl (C=O) groups is 4. The van der Waals surface area contributed by atoms with Crippen LogP contribution < -0.4 is 26.0 Å². The molecule has 2 fully saturated rings. The maximum Gasteiger partial charge on any atom is 0.251 e. The summed E-state index contributed by atoms with van der Waals surface area (Å²) in [4.78, 5) is 59.3. The first-order chi connectivity index (χ1) is 31.7. The van der Waals surface area contributed by atoms with Gasteiger partial charge in [-0.05, 0) is 73.6 Å². The lowest BCUT2D eigenvalue weighted by Gasteiger charge is -2.63. The first kappa shape index (κ1) is 50.5. The number of nitrogens with zero attached hydrogens (tertiary/aromatic N) is 3. The van der Waals surface area contributed by atoms with Crippen molar-refractivity contribution in [3.63, 3.8) is 0 Å². The summed E-state index contributed by atoms with van der Waals surface area (Å²) in [6.45, 7) is 16.7. The van der Waals surface area contributed by atoms with Crippen molar-refractivity contribution >= 4 is 40.9 Å². The third-order valence-electron chi connectivity index (χ3n) is 12.8. The second-order valence-corrected chi connectivity index (χ2v) is 20.3. The normalized spacial score (nSPS) is 19.9. The van der Waals surface area contributed by atoms with Crippen LogP contribution in [0.15, 0.2) is 77.5 Å². The number of aromatic nitrogens is 1. The Kier molecular flexibility index (Phi) is 16.1. The zero-order valence-electron chi connectivity index (χ0n) is 39.7. The average molecular weight is 939 g/mol. The molecule has 4 aromatic rings. The van der Waals surface area contributed by atoms with Crippen LogP contribution in [-0.2, 0) is 25.7 Å². The Labute approximate surface area is 398 Å². The number of anilines is 1. The van der Waals surface area contributed by atoms with Crippen LogP contribution in [-0.4, -0.2) is 95.3 Å². The zero-order chi connectivity index (χ0) is 48.7. The van der Waals surface area contributed by atoms with E-state index in [-0.39, 0.29) is 60.9 Å². The average Bonchev–Trinajstić information content (AvgIpc) is 3.91. The van der Waals surface area contributed by atoms with E-state index >= 15 is 0 Å². The predicted molar refractivity (Wildman–Crippen MR) is 255 cm³/mol. The molecule has 2 heterocycles. The van der Waals surface area contributed by atoms with Gasteiger partial charge in [0.25, 0.3) is 5.91 Å². The fraction of sp³-hybridized carbons (Fsp3) is 0.490. The second-order valence-electron chi connectivity index (χ2n) is 19.9. The fourth-order valence-electron chi connectivity index (χ4n) is 9.44. The van der Waals surface area contributed by atoms with E-state index < -0.39 is 35.4 Å². The molecule has 0 spiro atoms. The molecule has 4 amide bonds. The van der Waals surface area contributed by atoms with Gasteiger partial charge in [-0.15, -0.1) is 0 Å². The largest absolute Gasteiger partial charge is 0.489 e. The van der Waals surface area contributed by atoms with Gasteiger partial charge in [-0.2, -0.15) is 5.26 Å². The summed E-state index contributed by atoms with van der Waals surface area (Å²) in [6, 6.07) is 20.0. The Bertz CT molecular complexity index is 2410. The molecule has 1 aliphatic heterocycles. The van der Waals surface area contributed by atoms with Gasteiger partial charge in [0.15, 0.2) is 12.2 Å². The van der Waals surface area contributed by atoms with Crippen molar-refractivity contribution in [2.75, 3.05) is 31.6 Å². The van der Waals surface area contributed by atoms with Crippen LogP contribution in [0.4, 0.5) is 5.69 Å². The Hall–Kier alpha value is -5.95. The van der Waals surface area contributed by atoms with Crippen molar-refractivity contribution in [3.8, 4) is 23.1 Å². The van der Waals surface area contributed by atoms with Gasteiger partial charge in [0, 0.05) is 72.4 Å². The third kappa shape index (κ3) is 12.2. The molecule has 3 aromatic carbocycles. The highest BCUT2D eigenvalue weighted by molar-refractivity contribution is 6.31. The highest BCUT2D eigenvalue weighted by Gasteiger charge is 2.64. The molecule has 15 nitrogen and oxygen atoms in total. The van der Waals surface area contributed by atoms with E-state index in [4.69, 9.17) is 25.5 Å². The lowest BCUT2D eigenvalue weighted by Crippen LogP contribution is -2.74. The highest BCUT2D eigenvalue weighted by atomic mass is 35.5. The number of nitriles is 1. The summed E-state index contributed by atoms with van der Waals surface area (Å²) in [7, 11) is 0. The molecule has 358 valence electrons. The smallest absolute Gasteiger partial charge is 0.251 e.